The minimum Gasteiger partial charge on any atom is -0.444 e. The second-order valence-electron chi connectivity index (χ2n) is 3.63. The first-order valence-electron chi connectivity index (χ1n) is 5.62. The molecule has 5 nitrogen and oxygen atoms in total. The van der Waals surface area contributed by atoms with Gasteiger partial charge in [0.25, 0.3) is 0 Å². The predicted octanol–water partition coefficient (Wildman–Crippen LogP) is 3.26. The maximum absolute atomic E-state index is 11.9. The summed E-state index contributed by atoms with van der Waals surface area (Å²) in [5, 5.41) is 1.93. The molecule has 0 heterocycles. The van der Waals surface area contributed by atoms with Crippen LogP contribution in [0, 0.1) is 0 Å². The second-order valence-corrected chi connectivity index (χ2v) is 5.60. The number of carbonyl (C=O) groups excluding carboxylic acids is 2. The molecule has 0 atom stereocenters. The third-order valence-corrected chi connectivity index (χ3v) is 3.76. The smallest absolute Gasteiger partial charge is 0.419 e. The van der Waals surface area contributed by atoms with Gasteiger partial charge in [0.05, 0.1) is 5.88 Å². The highest BCUT2D eigenvalue weighted by Crippen LogP contribution is 2.17. The van der Waals surface area contributed by atoms with Crippen molar-refractivity contribution in [3.05, 3.63) is 29.8 Å². The van der Waals surface area contributed by atoms with Gasteiger partial charge in [-0.05, 0) is 35.9 Å². The zero-order chi connectivity index (χ0) is 15.0. The van der Waals surface area contributed by atoms with E-state index >= 15 is 0 Å². The number of halogens is 1. The van der Waals surface area contributed by atoms with Crippen LogP contribution in [0.25, 0.3) is 0 Å². The number of nitrogens with one attached hydrogen (secondary N) is 1. The van der Waals surface area contributed by atoms with Gasteiger partial charge in [0.1, 0.15) is 6.61 Å². The summed E-state index contributed by atoms with van der Waals surface area (Å²) >= 11 is 2.54. The first kappa shape index (κ1) is 16.6. The molecule has 8 heteroatoms. The standard InChI is InChI=1S/C12H15FN2O3S2/c1-15(20-8-14-11(13)16)12(17)18-7-9-4-3-5-10(6-9)19-2/h3-6H,7-8H2,1-2H3,(H,14,16). The van der Waals surface area contributed by atoms with Gasteiger partial charge in [-0.2, -0.15) is 0 Å². The van der Waals surface area contributed by atoms with E-state index in [0.29, 0.717) is 0 Å². The number of ether oxygens (including phenoxy) is 1. The van der Waals surface area contributed by atoms with Gasteiger partial charge in [0.2, 0.25) is 0 Å². The molecule has 0 spiro atoms. The maximum Gasteiger partial charge on any atom is 0.419 e. The van der Waals surface area contributed by atoms with Crippen LogP contribution in [0.15, 0.2) is 29.2 Å². The number of hydrogen-bond donors (Lipinski definition) is 1. The van der Waals surface area contributed by atoms with Crippen LogP contribution in [0.1, 0.15) is 5.56 Å². The van der Waals surface area contributed by atoms with Gasteiger partial charge in [0, 0.05) is 11.9 Å². The van der Waals surface area contributed by atoms with Crippen molar-refractivity contribution in [3.8, 4) is 0 Å². The lowest BCUT2D eigenvalue weighted by atomic mass is 10.2. The molecule has 0 saturated heterocycles. The summed E-state index contributed by atoms with van der Waals surface area (Å²) < 4.78 is 18.2. The second kappa shape index (κ2) is 8.70. The average molecular weight is 318 g/mol. The zero-order valence-electron chi connectivity index (χ0n) is 11.1. The van der Waals surface area contributed by atoms with E-state index in [1.165, 1.54) is 11.4 Å². The Labute approximate surface area is 125 Å². The van der Waals surface area contributed by atoms with Crippen LogP contribution in [-0.2, 0) is 11.3 Å². The van der Waals surface area contributed by atoms with Gasteiger partial charge >= 0.3 is 12.3 Å². The number of nitrogens with zero attached hydrogens (tertiary/aromatic N) is 1. The van der Waals surface area contributed by atoms with Crippen molar-refractivity contribution in [1.29, 1.82) is 0 Å². The monoisotopic (exact) mass is 318 g/mol. The number of hydrogen-bond acceptors (Lipinski definition) is 5. The van der Waals surface area contributed by atoms with Crippen LogP contribution in [0.3, 0.4) is 0 Å². The van der Waals surface area contributed by atoms with E-state index < -0.39 is 12.3 Å². The van der Waals surface area contributed by atoms with E-state index in [-0.39, 0.29) is 12.5 Å². The molecular formula is C12H15FN2O3S2. The fourth-order valence-corrected chi connectivity index (χ4v) is 2.25. The number of thioether (sulfide) groups is 1. The van der Waals surface area contributed by atoms with E-state index in [1.54, 1.807) is 11.8 Å². The first-order valence-corrected chi connectivity index (χ1v) is 7.79. The van der Waals surface area contributed by atoms with Crippen LogP contribution < -0.4 is 5.32 Å². The molecule has 2 amide bonds. The van der Waals surface area contributed by atoms with Gasteiger partial charge < -0.3 is 10.1 Å². The molecule has 1 rings (SSSR count). The fraction of sp³-hybridized carbons (Fsp3) is 0.333. The lowest BCUT2D eigenvalue weighted by Gasteiger charge is -2.15. The van der Waals surface area contributed by atoms with E-state index in [9.17, 15) is 14.0 Å². The Bertz CT molecular complexity index is 474. The van der Waals surface area contributed by atoms with E-state index in [0.717, 1.165) is 22.4 Å². The molecule has 0 aliphatic heterocycles. The molecule has 1 N–H and O–H groups in total. The van der Waals surface area contributed by atoms with Crippen molar-refractivity contribution >= 4 is 36.0 Å². The molecule has 0 aliphatic carbocycles. The molecular weight excluding hydrogens is 303 g/mol. The largest absolute Gasteiger partial charge is 0.444 e. The quantitative estimate of drug-likeness (QED) is 0.287. The van der Waals surface area contributed by atoms with Crippen molar-refractivity contribution in [2.75, 3.05) is 19.2 Å². The third kappa shape index (κ3) is 6.16. The lowest BCUT2D eigenvalue weighted by molar-refractivity contribution is 0.126. The van der Waals surface area contributed by atoms with Crippen molar-refractivity contribution in [2.24, 2.45) is 0 Å². The van der Waals surface area contributed by atoms with Gasteiger partial charge in [-0.3, -0.25) is 4.31 Å². The Kier molecular flexibility index (Phi) is 7.24. The molecule has 0 aliphatic rings. The molecule has 0 fully saturated rings. The van der Waals surface area contributed by atoms with Crippen LogP contribution in [0.2, 0.25) is 0 Å². The van der Waals surface area contributed by atoms with Crippen molar-refractivity contribution < 1.29 is 18.7 Å². The van der Waals surface area contributed by atoms with E-state index in [4.69, 9.17) is 4.74 Å². The topological polar surface area (TPSA) is 58.6 Å². The normalized spacial score (nSPS) is 9.95. The van der Waals surface area contributed by atoms with Crippen molar-refractivity contribution in [2.45, 2.75) is 11.5 Å². The Hall–Kier alpha value is -1.41. The highest BCUT2D eigenvalue weighted by atomic mass is 32.2. The average Bonchev–Trinajstić information content (AvgIpc) is 2.44. The van der Waals surface area contributed by atoms with Gasteiger partial charge in [0.15, 0.2) is 0 Å². The van der Waals surface area contributed by atoms with Gasteiger partial charge in [-0.25, -0.2) is 9.59 Å². The molecule has 20 heavy (non-hydrogen) atoms. The SMILES string of the molecule is CSc1cccc(COC(=O)N(C)SCNC(=O)F)c1. The Morgan fingerprint density at radius 2 is 2.20 bits per heavy atom. The lowest BCUT2D eigenvalue weighted by Crippen LogP contribution is -2.25. The highest BCUT2D eigenvalue weighted by molar-refractivity contribution is 7.98. The van der Waals surface area contributed by atoms with Crippen LogP contribution in [-0.4, -0.2) is 35.7 Å². The van der Waals surface area contributed by atoms with Crippen LogP contribution >= 0.6 is 23.7 Å². The van der Waals surface area contributed by atoms with E-state index in [2.05, 4.69) is 0 Å². The minimum absolute atomic E-state index is 0.0388. The highest BCUT2D eigenvalue weighted by Gasteiger charge is 2.11. The summed E-state index contributed by atoms with van der Waals surface area (Å²) in [7, 11) is 1.48. The van der Waals surface area contributed by atoms with Crippen LogP contribution in [0.5, 0.6) is 0 Å². The molecule has 0 saturated carbocycles. The number of amides is 2. The Morgan fingerprint density at radius 3 is 2.85 bits per heavy atom. The summed E-state index contributed by atoms with van der Waals surface area (Å²) in [6.07, 6.45) is -0.222. The molecule has 110 valence electrons. The summed E-state index contributed by atoms with van der Waals surface area (Å²) in [6, 6.07) is 7.67. The van der Waals surface area contributed by atoms with Gasteiger partial charge in [-0.1, -0.05) is 12.1 Å². The predicted molar refractivity (Wildman–Crippen MR) is 78.3 cm³/mol. The summed E-state index contributed by atoms with van der Waals surface area (Å²) in [6.45, 7) is 0.160. The Morgan fingerprint density at radius 1 is 1.45 bits per heavy atom. The van der Waals surface area contributed by atoms with Crippen molar-refractivity contribution in [1.82, 2.24) is 9.62 Å². The Balaban J connectivity index is 2.36. The molecule has 1 aromatic rings. The fourth-order valence-electron chi connectivity index (χ4n) is 1.24. The zero-order valence-corrected chi connectivity index (χ0v) is 12.7. The molecule has 0 aromatic heterocycles. The van der Waals surface area contributed by atoms with Crippen LogP contribution in [0.4, 0.5) is 14.0 Å². The summed E-state index contributed by atoms with van der Waals surface area (Å²) in [4.78, 5) is 22.7. The summed E-state index contributed by atoms with van der Waals surface area (Å²) in [5.41, 5.74) is 0.890. The minimum atomic E-state index is -1.63. The molecule has 1 aromatic carbocycles. The molecule has 0 unspecified atom stereocenters. The molecule has 0 radical (unpaired) electrons. The molecule has 0 bridgehead atoms. The van der Waals surface area contributed by atoms with Crippen molar-refractivity contribution in [3.63, 3.8) is 0 Å². The van der Waals surface area contributed by atoms with Gasteiger partial charge in [-0.15, -0.1) is 16.2 Å². The van der Waals surface area contributed by atoms with E-state index in [1.807, 2.05) is 35.8 Å². The number of benzene rings is 1. The number of rotatable bonds is 6. The summed E-state index contributed by atoms with van der Waals surface area (Å²) in [5.74, 6) is -0.0388. The maximum atomic E-state index is 11.9. The first-order chi connectivity index (χ1) is 9.52. The number of carbonyl (C=O) groups is 2. The third-order valence-electron chi connectivity index (χ3n) is 2.22.